The highest BCUT2D eigenvalue weighted by Crippen LogP contribution is 2.20. The van der Waals surface area contributed by atoms with Crippen LogP contribution in [0.5, 0.6) is 0 Å². The van der Waals surface area contributed by atoms with Crippen LogP contribution in [-0.4, -0.2) is 25.2 Å². The average Bonchev–Trinajstić information content (AvgIpc) is 2.01. The van der Waals surface area contributed by atoms with Crippen molar-refractivity contribution in [2.24, 2.45) is 5.92 Å². The van der Waals surface area contributed by atoms with Gasteiger partial charge in [-0.3, -0.25) is 0 Å². The molecule has 2 fully saturated rings. The first-order valence-electron chi connectivity index (χ1n) is 5.81. The van der Waals surface area contributed by atoms with Crippen LogP contribution in [-0.2, 0) is 0 Å². The molecule has 2 heteroatoms. The largest absolute Gasteiger partial charge is 0.314 e. The van der Waals surface area contributed by atoms with E-state index < -0.39 is 0 Å². The van der Waals surface area contributed by atoms with E-state index in [0.29, 0.717) is 0 Å². The van der Waals surface area contributed by atoms with Crippen molar-refractivity contribution < 1.29 is 0 Å². The zero-order chi connectivity index (χ0) is 9.10. The van der Waals surface area contributed by atoms with Crippen molar-refractivity contribution >= 4 is 0 Å². The molecule has 13 heavy (non-hydrogen) atoms. The lowest BCUT2D eigenvalue weighted by Crippen LogP contribution is -2.43. The SMILES string of the molecule is CC1CC(CNC2CCC2)CCN1. The molecule has 1 aliphatic carbocycles. The Morgan fingerprint density at radius 2 is 2.15 bits per heavy atom. The van der Waals surface area contributed by atoms with E-state index in [1.54, 1.807) is 0 Å². The summed E-state index contributed by atoms with van der Waals surface area (Å²) in [5, 5.41) is 7.18. The summed E-state index contributed by atoms with van der Waals surface area (Å²) in [4.78, 5) is 0. The molecule has 1 saturated carbocycles. The number of nitrogens with one attached hydrogen (secondary N) is 2. The first-order chi connectivity index (χ1) is 6.34. The maximum atomic E-state index is 3.68. The monoisotopic (exact) mass is 182 g/mol. The van der Waals surface area contributed by atoms with Gasteiger partial charge in [-0.25, -0.2) is 0 Å². The van der Waals surface area contributed by atoms with Gasteiger partial charge in [-0.05, 0) is 51.6 Å². The van der Waals surface area contributed by atoms with Crippen LogP contribution in [0.3, 0.4) is 0 Å². The second-order valence-corrected chi connectivity index (χ2v) is 4.78. The van der Waals surface area contributed by atoms with Gasteiger partial charge in [0.15, 0.2) is 0 Å². The normalized spacial score (nSPS) is 35.8. The molecular formula is C11H22N2. The van der Waals surface area contributed by atoms with Crippen molar-refractivity contribution in [1.29, 1.82) is 0 Å². The minimum atomic E-state index is 0.738. The van der Waals surface area contributed by atoms with Crippen molar-refractivity contribution in [1.82, 2.24) is 10.6 Å². The Hall–Kier alpha value is -0.0800. The number of hydrogen-bond donors (Lipinski definition) is 2. The Morgan fingerprint density at radius 1 is 1.31 bits per heavy atom. The lowest BCUT2D eigenvalue weighted by molar-refractivity contribution is 0.265. The van der Waals surface area contributed by atoms with Gasteiger partial charge in [0, 0.05) is 12.1 Å². The molecule has 2 rings (SSSR count). The predicted octanol–water partition coefficient (Wildman–Crippen LogP) is 1.52. The van der Waals surface area contributed by atoms with Crippen LogP contribution < -0.4 is 10.6 Å². The van der Waals surface area contributed by atoms with Gasteiger partial charge < -0.3 is 10.6 Å². The summed E-state index contributed by atoms with van der Waals surface area (Å²) in [7, 11) is 0. The van der Waals surface area contributed by atoms with Gasteiger partial charge in [-0.1, -0.05) is 6.42 Å². The van der Waals surface area contributed by atoms with Crippen LogP contribution in [0, 0.1) is 5.92 Å². The van der Waals surface area contributed by atoms with Gasteiger partial charge >= 0.3 is 0 Å². The van der Waals surface area contributed by atoms with E-state index in [2.05, 4.69) is 17.6 Å². The average molecular weight is 182 g/mol. The third-order valence-corrected chi connectivity index (χ3v) is 3.53. The summed E-state index contributed by atoms with van der Waals surface area (Å²) >= 11 is 0. The molecule has 0 aromatic carbocycles. The van der Waals surface area contributed by atoms with Gasteiger partial charge in [0.2, 0.25) is 0 Å². The molecule has 76 valence electrons. The highest BCUT2D eigenvalue weighted by molar-refractivity contribution is 4.81. The van der Waals surface area contributed by atoms with Gasteiger partial charge in [-0.2, -0.15) is 0 Å². The van der Waals surface area contributed by atoms with Crippen LogP contribution in [0.25, 0.3) is 0 Å². The van der Waals surface area contributed by atoms with E-state index in [-0.39, 0.29) is 0 Å². The van der Waals surface area contributed by atoms with Crippen LogP contribution in [0.2, 0.25) is 0 Å². The van der Waals surface area contributed by atoms with E-state index in [1.165, 1.54) is 45.2 Å². The highest BCUT2D eigenvalue weighted by atomic mass is 15.0. The molecule has 2 atom stereocenters. The second kappa shape index (κ2) is 4.43. The smallest absolute Gasteiger partial charge is 0.00671 e. The predicted molar refractivity (Wildman–Crippen MR) is 55.8 cm³/mol. The minimum Gasteiger partial charge on any atom is -0.314 e. The third kappa shape index (κ3) is 2.68. The molecule has 0 spiro atoms. The first-order valence-corrected chi connectivity index (χ1v) is 5.81. The fraction of sp³-hybridized carbons (Fsp3) is 1.00. The van der Waals surface area contributed by atoms with Gasteiger partial charge in [0.25, 0.3) is 0 Å². The Bertz CT molecular complexity index is 154. The van der Waals surface area contributed by atoms with Crippen LogP contribution >= 0.6 is 0 Å². The zero-order valence-electron chi connectivity index (χ0n) is 8.68. The third-order valence-electron chi connectivity index (χ3n) is 3.53. The molecule has 2 unspecified atom stereocenters. The summed E-state index contributed by atoms with van der Waals surface area (Å²) in [5.41, 5.74) is 0. The van der Waals surface area contributed by atoms with E-state index in [1.807, 2.05) is 0 Å². The minimum absolute atomic E-state index is 0.738. The molecule has 0 radical (unpaired) electrons. The summed E-state index contributed by atoms with van der Waals surface area (Å²) in [5.74, 6) is 0.928. The maximum Gasteiger partial charge on any atom is 0.00671 e. The van der Waals surface area contributed by atoms with E-state index >= 15 is 0 Å². The van der Waals surface area contributed by atoms with Crippen molar-refractivity contribution in [2.45, 2.75) is 51.1 Å². The molecule has 0 bridgehead atoms. The highest BCUT2D eigenvalue weighted by Gasteiger charge is 2.21. The Morgan fingerprint density at radius 3 is 2.77 bits per heavy atom. The Labute approximate surface area is 81.5 Å². The van der Waals surface area contributed by atoms with Crippen molar-refractivity contribution in [2.75, 3.05) is 13.1 Å². The maximum absolute atomic E-state index is 3.68. The zero-order valence-corrected chi connectivity index (χ0v) is 8.68. The van der Waals surface area contributed by atoms with Gasteiger partial charge in [0.05, 0.1) is 0 Å². The summed E-state index contributed by atoms with van der Waals surface area (Å²) < 4.78 is 0. The molecule has 2 nitrogen and oxygen atoms in total. The van der Waals surface area contributed by atoms with Crippen LogP contribution in [0.4, 0.5) is 0 Å². The fourth-order valence-corrected chi connectivity index (χ4v) is 2.37. The van der Waals surface area contributed by atoms with E-state index in [4.69, 9.17) is 0 Å². The topological polar surface area (TPSA) is 24.1 Å². The quantitative estimate of drug-likeness (QED) is 0.691. The Balaban J connectivity index is 1.62. The lowest BCUT2D eigenvalue weighted by atomic mass is 9.90. The lowest BCUT2D eigenvalue weighted by Gasteiger charge is -2.32. The van der Waals surface area contributed by atoms with E-state index in [9.17, 15) is 0 Å². The Kier molecular flexibility index (Phi) is 3.23. The van der Waals surface area contributed by atoms with Gasteiger partial charge in [0.1, 0.15) is 0 Å². The molecule has 1 saturated heterocycles. The molecule has 0 aromatic rings. The number of hydrogen-bond acceptors (Lipinski definition) is 2. The fourth-order valence-electron chi connectivity index (χ4n) is 2.37. The summed E-state index contributed by atoms with van der Waals surface area (Å²) in [6, 6.07) is 1.60. The molecule has 0 amide bonds. The van der Waals surface area contributed by atoms with Crippen molar-refractivity contribution in [3.8, 4) is 0 Å². The van der Waals surface area contributed by atoms with Gasteiger partial charge in [-0.15, -0.1) is 0 Å². The molecule has 1 aliphatic heterocycles. The van der Waals surface area contributed by atoms with Crippen LogP contribution in [0.1, 0.15) is 39.0 Å². The van der Waals surface area contributed by atoms with E-state index in [0.717, 1.165) is 18.0 Å². The summed E-state index contributed by atoms with van der Waals surface area (Å²) in [6.45, 7) is 4.78. The molecular weight excluding hydrogens is 160 g/mol. The molecule has 2 aliphatic rings. The second-order valence-electron chi connectivity index (χ2n) is 4.78. The molecule has 1 heterocycles. The summed E-state index contributed by atoms with van der Waals surface area (Å²) in [6.07, 6.45) is 7.01. The molecule has 2 N–H and O–H groups in total. The van der Waals surface area contributed by atoms with Crippen LogP contribution in [0.15, 0.2) is 0 Å². The standard InChI is InChI=1S/C11H22N2/c1-9-7-10(5-6-12-9)8-13-11-3-2-4-11/h9-13H,2-8H2,1H3. The molecule has 0 aromatic heterocycles. The van der Waals surface area contributed by atoms with Crippen molar-refractivity contribution in [3.05, 3.63) is 0 Å². The number of piperidine rings is 1. The van der Waals surface area contributed by atoms with Crippen molar-refractivity contribution in [3.63, 3.8) is 0 Å². The first kappa shape index (κ1) is 9.47. The number of rotatable bonds is 3.